The van der Waals surface area contributed by atoms with Crippen molar-refractivity contribution in [2.75, 3.05) is 18.0 Å². The van der Waals surface area contributed by atoms with Crippen molar-refractivity contribution in [3.05, 3.63) is 12.4 Å². The van der Waals surface area contributed by atoms with E-state index in [1.54, 1.807) is 10.9 Å². The smallest absolute Gasteiger partial charge is 0.244 e. The molecule has 1 aliphatic heterocycles. The Bertz CT molecular complexity index is 447. The van der Waals surface area contributed by atoms with E-state index in [4.69, 9.17) is 0 Å². The molecule has 1 aromatic heterocycles. The number of hydrogen-bond acceptors (Lipinski definition) is 3. The van der Waals surface area contributed by atoms with Gasteiger partial charge in [-0.1, -0.05) is 20.8 Å². The number of carbonyl (C=O) groups is 1. The van der Waals surface area contributed by atoms with Gasteiger partial charge in [0.25, 0.3) is 0 Å². The van der Waals surface area contributed by atoms with Crippen LogP contribution in [-0.2, 0) is 11.8 Å². The van der Waals surface area contributed by atoms with E-state index in [1.807, 2.05) is 18.1 Å². The highest BCUT2D eigenvalue weighted by Gasteiger charge is 2.32. The number of carbonyl (C=O) groups excluding carboxylic acids is 1. The summed E-state index contributed by atoms with van der Waals surface area (Å²) in [5.74, 6) is 0.168. The van der Waals surface area contributed by atoms with E-state index in [0.29, 0.717) is 5.41 Å². The van der Waals surface area contributed by atoms with Gasteiger partial charge in [-0.05, 0) is 24.8 Å². The molecule has 2 heterocycles. The van der Waals surface area contributed by atoms with E-state index in [1.165, 1.54) is 0 Å². The highest BCUT2D eigenvalue weighted by Crippen LogP contribution is 2.21. The quantitative estimate of drug-likeness (QED) is 0.897. The highest BCUT2D eigenvalue weighted by atomic mass is 16.2. The molecule has 0 radical (unpaired) electrons. The van der Waals surface area contributed by atoms with E-state index in [9.17, 15) is 4.79 Å². The zero-order valence-electron chi connectivity index (χ0n) is 12.3. The summed E-state index contributed by atoms with van der Waals surface area (Å²) in [6.45, 7) is 8.31. The lowest BCUT2D eigenvalue weighted by Gasteiger charge is -2.20. The summed E-state index contributed by atoms with van der Waals surface area (Å²) in [6, 6.07) is -0.0393. The van der Waals surface area contributed by atoms with Gasteiger partial charge in [0, 0.05) is 19.8 Å². The predicted molar refractivity (Wildman–Crippen MR) is 76.0 cm³/mol. The number of aryl methyl sites for hydroxylation is 1. The molecule has 1 unspecified atom stereocenters. The maximum atomic E-state index is 12.3. The molecule has 1 fully saturated rings. The predicted octanol–water partition coefficient (Wildman–Crippen LogP) is 1.55. The summed E-state index contributed by atoms with van der Waals surface area (Å²) in [5.41, 5.74) is 1.20. The lowest BCUT2D eigenvalue weighted by atomic mass is 9.92. The Morgan fingerprint density at radius 3 is 2.79 bits per heavy atom. The summed E-state index contributed by atoms with van der Waals surface area (Å²) < 4.78 is 1.73. The van der Waals surface area contributed by atoms with Crippen molar-refractivity contribution >= 4 is 11.6 Å². The Morgan fingerprint density at radius 1 is 1.47 bits per heavy atom. The third-order valence-electron chi connectivity index (χ3n) is 3.47. The van der Waals surface area contributed by atoms with Crippen LogP contribution in [0.4, 0.5) is 5.69 Å². The van der Waals surface area contributed by atoms with Crippen LogP contribution in [0.1, 0.15) is 33.6 Å². The maximum absolute atomic E-state index is 12.3. The number of anilines is 1. The second-order valence-corrected chi connectivity index (χ2v) is 6.47. The molecule has 0 aliphatic carbocycles. The normalized spacial score (nSPS) is 20.3. The Balaban J connectivity index is 1.88. The molecule has 19 heavy (non-hydrogen) atoms. The van der Waals surface area contributed by atoms with Gasteiger partial charge in [0.1, 0.15) is 0 Å². The van der Waals surface area contributed by atoms with E-state index in [0.717, 1.165) is 31.6 Å². The number of aromatic nitrogens is 2. The van der Waals surface area contributed by atoms with Gasteiger partial charge < -0.3 is 10.2 Å². The molecule has 5 nitrogen and oxygen atoms in total. The molecular formula is C14H24N4O. The number of rotatable bonds is 4. The van der Waals surface area contributed by atoms with Crippen LogP contribution in [0, 0.1) is 5.41 Å². The van der Waals surface area contributed by atoms with E-state index in [2.05, 4.69) is 31.2 Å². The minimum atomic E-state index is -0.0393. The van der Waals surface area contributed by atoms with Crippen molar-refractivity contribution in [3.8, 4) is 0 Å². The topological polar surface area (TPSA) is 50.2 Å². The van der Waals surface area contributed by atoms with Crippen molar-refractivity contribution in [1.29, 1.82) is 0 Å². The molecule has 5 heteroatoms. The molecule has 0 spiro atoms. The first-order valence-corrected chi connectivity index (χ1v) is 6.90. The summed E-state index contributed by atoms with van der Waals surface area (Å²) >= 11 is 0. The summed E-state index contributed by atoms with van der Waals surface area (Å²) in [4.78, 5) is 14.1. The summed E-state index contributed by atoms with van der Waals surface area (Å²) in [7, 11) is 1.86. The zero-order chi connectivity index (χ0) is 14.0. The Hall–Kier alpha value is -1.36. The lowest BCUT2D eigenvalue weighted by Crippen LogP contribution is -2.39. The van der Waals surface area contributed by atoms with Crippen LogP contribution in [0.25, 0.3) is 0 Å². The maximum Gasteiger partial charge on any atom is 0.244 e. The average molecular weight is 264 g/mol. The average Bonchev–Trinajstić information content (AvgIpc) is 2.85. The minimum Gasteiger partial charge on any atom is -0.308 e. The van der Waals surface area contributed by atoms with Crippen LogP contribution in [0.2, 0.25) is 0 Å². The fourth-order valence-corrected chi connectivity index (χ4v) is 2.29. The van der Waals surface area contributed by atoms with E-state index in [-0.39, 0.29) is 11.9 Å². The van der Waals surface area contributed by atoms with Gasteiger partial charge in [0.15, 0.2) is 0 Å². The Kier molecular flexibility index (Phi) is 3.94. The van der Waals surface area contributed by atoms with Gasteiger partial charge in [-0.15, -0.1) is 0 Å². The number of nitrogens with zero attached hydrogens (tertiary/aromatic N) is 3. The molecule has 1 aliphatic rings. The molecule has 106 valence electrons. The Morgan fingerprint density at radius 2 is 2.21 bits per heavy atom. The second-order valence-electron chi connectivity index (χ2n) is 6.47. The molecule has 0 bridgehead atoms. The van der Waals surface area contributed by atoms with Gasteiger partial charge >= 0.3 is 0 Å². The molecule has 0 aromatic carbocycles. The third-order valence-corrected chi connectivity index (χ3v) is 3.47. The van der Waals surface area contributed by atoms with Crippen molar-refractivity contribution in [3.63, 3.8) is 0 Å². The van der Waals surface area contributed by atoms with Crippen molar-refractivity contribution in [2.45, 2.75) is 39.7 Å². The monoisotopic (exact) mass is 264 g/mol. The lowest BCUT2D eigenvalue weighted by molar-refractivity contribution is -0.118. The molecule has 1 atom stereocenters. The molecular weight excluding hydrogens is 240 g/mol. The number of amides is 1. The standard InChI is InChI=1S/C14H24N4O/c1-14(2,3)6-7-15-12-5-8-18(13(12)19)11-9-16-17(4)10-11/h9-10,12,15H,5-8H2,1-4H3. The van der Waals surface area contributed by atoms with Crippen LogP contribution in [0.5, 0.6) is 0 Å². The molecule has 0 saturated carbocycles. The largest absolute Gasteiger partial charge is 0.308 e. The van der Waals surface area contributed by atoms with Gasteiger partial charge in [0.05, 0.1) is 17.9 Å². The molecule has 1 saturated heterocycles. The van der Waals surface area contributed by atoms with Crippen molar-refractivity contribution in [2.24, 2.45) is 12.5 Å². The Labute approximate surface area is 115 Å². The van der Waals surface area contributed by atoms with Gasteiger partial charge in [0.2, 0.25) is 5.91 Å². The molecule has 1 amide bonds. The fraction of sp³-hybridized carbons (Fsp3) is 0.714. The van der Waals surface area contributed by atoms with Crippen molar-refractivity contribution < 1.29 is 4.79 Å². The van der Waals surface area contributed by atoms with Crippen LogP contribution in [0.15, 0.2) is 12.4 Å². The van der Waals surface area contributed by atoms with Crippen LogP contribution < -0.4 is 10.2 Å². The summed E-state index contributed by atoms with van der Waals surface area (Å²) in [5, 5.41) is 7.49. The van der Waals surface area contributed by atoms with Gasteiger partial charge in [-0.25, -0.2) is 0 Å². The molecule has 1 aromatic rings. The van der Waals surface area contributed by atoms with Crippen LogP contribution >= 0.6 is 0 Å². The number of hydrogen-bond donors (Lipinski definition) is 1. The zero-order valence-corrected chi connectivity index (χ0v) is 12.3. The third kappa shape index (κ3) is 3.56. The number of nitrogens with one attached hydrogen (secondary N) is 1. The van der Waals surface area contributed by atoms with E-state index < -0.39 is 0 Å². The fourth-order valence-electron chi connectivity index (χ4n) is 2.29. The molecule has 2 rings (SSSR count). The van der Waals surface area contributed by atoms with Gasteiger partial charge in [-0.2, -0.15) is 5.10 Å². The SMILES string of the molecule is Cn1cc(N2CCC(NCCC(C)(C)C)C2=O)cn1. The van der Waals surface area contributed by atoms with E-state index >= 15 is 0 Å². The highest BCUT2D eigenvalue weighted by molar-refractivity contribution is 5.99. The van der Waals surface area contributed by atoms with Crippen molar-refractivity contribution in [1.82, 2.24) is 15.1 Å². The van der Waals surface area contributed by atoms with Crippen LogP contribution in [0.3, 0.4) is 0 Å². The van der Waals surface area contributed by atoms with Crippen LogP contribution in [-0.4, -0.2) is 34.8 Å². The van der Waals surface area contributed by atoms with Gasteiger partial charge in [-0.3, -0.25) is 9.48 Å². The first kappa shape index (κ1) is 14.1. The minimum absolute atomic E-state index is 0.0393. The summed E-state index contributed by atoms with van der Waals surface area (Å²) in [6.07, 6.45) is 5.58. The second kappa shape index (κ2) is 5.33. The molecule has 1 N–H and O–H groups in total. The first-order chi connectivity index (χ1) is 8.87. The first-order valence-electron chi connectivity index (χ1n) is 6.90.